The molecular formula is C20H13ClF3N5O3. The van der Waals surface area contributed by atoms with Gasteiger partial charge < -0.3 is 10.4 Å². The topological polar surface area (TPSA) is 120 Å². The second-order valence-corrected chi connectivity index (χ2v) is 6.89. The molecule has 1 heterocycles. The van der Waals surface area contributed by atoms with Gasteiger partial charge in [-0.1, -0.05) is 23.7 Å². The molecule has 0 atom stereocenters. The minimum Gasteiger partial charge on any atom is -0.465 e. The van der Waals surface area contributed by atoms with Crippen LogP contribution in [0.1, 0.15) is 27.3 Å². The quantitative estimate of drug-likeness (QED) is 0.499. The second-order valence-electron chi connectivity index (χ2n) is 6.49. The predicted octanol–water partition coefficient (Wildman–Crippen LogP) is 5.07. The van der Waals surface area contributed by atoms with Gasteiger partial charge in [-0.2, -0.15) is 23.5 Å². The number of alkyl halides is 3. The summed E-state index contributed by atoms with van der Waals surface area (Å²) >= 11 is 6.08. The highest BCUT2D eigenvalue weighted by Crippen LogP contribution is 2.32. The Morgan fingerprint density at radius 3 is 2.47 bits per heavy atom. The van der Waals surface area contributed by atoms with Crippen LogP contribution in [0.5, 0.6) is 0 Å². The summed E-state index contributed by atoms with van der Waals surface area (Å²) in [5.41, 5.74) is -1.50. The number of amides is 2. The SMILES string of the molecule is Cc1cc(C#N)cc(NC(=O)O)c1NC(=O)c1cc(C(F)(F)F)nn1-c1ccccc1Cl. The second kappa shape index (κ2) is 8.60. The van der Waals surface area contributed by atoms with Crippen LogP contribution in [-0.2, 0) is 6.18 Å². The number of anilines is 2. The van der Waals surface area contributed by atoms with E-state index in [1.54, 1.807) is 6.07 Å². The van der Waals surface area contributed by atoms with Gasteiger partial charge in [-0.05, 0) is 36.8 Å². The van der Waals surface area contributed by atoms with Crippen molar-refractivity contribution in [3.63, 3.8) is 0 Å². The van der Waals surface area contributed by atoms with Crippen molar-refractivity contribution < 1.29 is 27.9 Å². The van der Waals surface area contributed by atoms with Crippen molar-refractivity contribution in [2.75, 3.05) is 10.6 Å². The number of halogens is 4. The summed E-state index contributed by atoms with van der Waals surface area (Å²) in [4.78, 5) is 24.1. The van der Waals surface area contributed by atoms with Crippen molar-refractivity contribution in [3.8, 4) is 11.8 Å². The highest BCUT2D eigenvalue weighted by molar-refractivity contribution is 6.32. The number of para-hydroxylation sites is 1. The molecule has 0 spiro atoms. The van der Waals surface area contributed by atoms with Gasteiger partial charge in [-0.25, -0.2) is 9.48 Å². The highest BCUT2D eigenvalue weighted by Gasteiger charge is 2.36. The lowest BCUT2D eigenvalue weighted by Crippen LogP contribution is -2.19. The summed E-state index contributed by atoms with van der Waals surface area (Å²) in [7, 11) is 0. The molecule has 2 aromatic carbocycles. The number of aryl methyl sites for hydroxylation is 1. The molecule has 32 heavy (non-hydrogen) atoms. The molecule has 0 radical (unpaired) electrons. The number of carboxylic acid groups (broad SMARTS) is 1. The van der Waals surface area contributed by atoms with E-state index in [0.717, 1.165) is 4.68 Å². The fraction of sp³-hybridized carbons (Fsp3) is 0.100. The van der Waals surface area contributed by atoms with Crippen LogP contribution in [0.4, 0.5) is 29.3 Å². The van der Waals surface area contributed by atoms with Crippen LogP contribution in [0, 0.1) is 18.3 Å². The van der Waals surface area contributed by atoms with Gasteiger partial charge in [0.1, 0.15) is 5.69 Å². The molecule has 12 heteroatoms. The number of rotatable bonds is 4. The minimum atomic E-state index is -4.83. The first-order valence-electron chi connectivity index (χ1n) is 8.79. The van der Waals surface area contributed by atoms with Crippen LogP contribution in [-0.4, -0.2) is 26.9 Å². The third-order valence-corrected chi connectivity index (χ3v) is 4.58. The van der Waals surface area contributed by atoms with Crippen molar-refractivity contribution in [1.29, 1.82) is 5.26 Å². The Morgan fingerprint density at radius 1 is 1.19 bits per heavy atom. The smallest absolute Gasteiger partial charge is 0.435 e. The number of benzene rings is 2. The maximum atomic E-state index is 13.3. The number of nitrogens with one attached hydrogen (secondary N) is 2. The zero-order valence-corrected chi connectivity index (χ0v) is 16.9. The molecule has 0 saturated heterocycles. The van der Waals surface area contributed by atoms with E-state index in [-0.39, 0.29) is 27.6 Å². The number of carbonyl (C=O) groups is 2. The van der Waals surface area contributed by atoms with E-state index in [4.69, 9.17) is 22.0 Å². The summed E-state index contributed by atoms with van der Waals surface area (Å²) in [5, 5.41) is 26.2. The van der Waals surface area contributed by atoms with Crippen molar-refractivity contribution in [2.24, 2.45) is 0 Å². The van der Waals surface area contributed by atoms with Crippen LogP contribution in [0.25, 0.3) is 5.69 Å². The Bertz CT molecular complexity index is 1260. The van der Waals surface area contributed by atoms with Gasteiger partial charge >= 0.3 is 12.3 Å². The van der Waals surface area contributed by atoms with E-state index in [1.165, 1.54) is 37.3 Å². The van der Waals surface area contributed by atoms with Crippen LogP contribution in [0.3, 0.4) is 0 Å². The largest absolute Gasteiger partial charge is 0.465 e. The molecule has 8 nitrogen and oxygen atoms in total. The predicted molar refractivity (Wildman–Crippen MR) is 109 cm³/mol. The van der Waals surface area contributed by atoms with Crippen molar-refractivity contribution in [1.82, 2.24) is 9.78 Å². The molecule has 0 saturated carbocycles. The van der Waals surface area contributed by atoms with Gasteiger partial charge in [0, 0.05) is 6.07 Å². The van der Waals surface area contributed by atoms with Crippen molar-refractivity contribution in [2.45, 2.75) is 13.1 Å². The van der Waals surface area contributed by atoms with E-state index in [9.17, 15) is 22.8 Å². The van der Waals surface area contributed by atoms with E-state index in [1.807, 2.05) is 6.07 Å². The van der Waals surface area contributed by atoms with E-state index >= 15 is 0 Å². The lowest BCUT2D eigenvalue weighted by atomic mass is 10.1. The van der Waals surface area contributed by atoms with Gasteiger partial charge in [0.05, 0.1) is 33.7 Å². The number of nitriles is 1. The molecule has 3 aromatic rings. The molecule has 3 N–H and O–H groups in total. The number of aromatic nitrogens is 2. The monoisotopic (exact) mass is 463 g/mol. The van der Waals surface area contributed by atoms with Crippen LogP contribution < -0.4 is 10.6 Å². The third kappa shape index (κ3) is 4.65. The molecule has 2 amide bonds. The standard InChI is InChI=1S/C20H13ClF3N5O3/c1-10-6-11(9-25)7-13(26-19(31)32)17(10)27-18(30)15-8-16(20(22,23)24)28-29(15)14-5-3-2-4-12(14)21/h2-8,26H,1H3,(H,27,30)(H,31,32). The zero-order chi connectivity index (χ0) is 23.6. The number of hydrogen-bond acceptors (Lipinski definition) is 4. The third-order valence-electron chi connectivity index (χ3n) is 4.26. The van der Waals surface area contributed by atoms with Crippen molar-refractivity contribution >= 4 is 35.0 Å². The molecule has 1 aromatic heterocycles. The number of carbonyl (C=O) groups excluding carboxylic acids is 1. The Morgan fingerprint density at radius 2 is 1.88 bits per heavy atom. The van der Waals surface area contributed by atoms with E-state index < -0.39 is 29.6 Å². The van der Waals surface area contributed by atoms with Gasteiger partial charge in [-0.3, -0.25) is 10.1 Å². The molecule has 3 rings (SSSR count). The maximum Gasteiger partial charge on any atom is 0.435 e. The molecule has 0 unspecified atom stereocenters. The average Bonchev–Trinajstić information content (AvgIpc) is 3.16. The number of hydrogen-bond donors (Lipinski definition) is 3. The summed E-state index contributed by atoms with van der Waals surface area (Å²) < 4.78 is 40.6. The normalized spacial score (nSPS) is 11.0. The van der Waals surface area contributed by atoms with Crippen molar-refractivity contribution in [3.05, 3.63) is 70.0 Å². The first kappa shape index (κ1) is 22.6. The molecule has 0 aliphatic rings. The first-order valence-corrected chi connectivity index (χ1v) is 9.17. The van der Waals surface area contributed by atoms with Gasteiger partial charge in [0.25, 0.3) is 5.91 Å². The van der Waals surface area contributed by atoms with Crippen LogP contribution >= 0.6 is 11.6 Å². The number of nitrogens with zero attached hydrogens (tertiary/aromatic N) is 3. The molecule has 164 valence electrons. The summed E-state index contributed by atoms with van der Waals surface area (Å²) in [6, 6.07) is 10.9. The fourth-order valence-electron chi connectivity index (χ4n) is 2.90. The van der Waals surface area contributed by atoms with Gasteiger partial charge in [-0.15, -0.1) is 0 Å². The van der Waals surface area contributed by atoms with Gasteiger partial charge in [0.2, 0.25) is 0 Å². The summed E-state index contributed by atoms with van der Waals surface area (Å²) in [6.07, 6.45) is -6.29. The molecule has 0 bridgehead atoms. The Kier molecular flexibility index (Phi) is 6.09. The Labute approximate surface area is 183 Å². The maximum absolute atomic E-state index is 13.3. The van der Waals surface area contributed by atoms with Crippen LogP contribution in [0.15, 0.2) is 42.5 Å². The molecular weight excluding hydrogens is 451 g/mol. The lowest BCUT2D eigenvalue weighted by molar-refractivity contribution is -0.141. The summed E-state index contributed by atoms with van der Waals surface area (Å²) in [5.74, 6) is -1.01. The average molecular weight is 464 g/mol. The van der Waals surface area contributed by atoms with E-state index in [2.05, 4.69) is 15.7 Å². The fourth-order valence-corrected chi connectivity index (χ4v) is 3.11. The molecule has 0 fully saturated rings. The van der Waals surface area contributed by atoms with Gasteiger partial charge in [0.15, 0.2) is 5.69 Å². The van der Waals surface area contributed by atoms with Crippen LogP contribution in [0.2, 0.25) is 5.02 Å². The Hall–Kier alpha value is -4.04. The highest BCUT2D eigenvalue weighted by atomic mass is 35.5. The Balaban J connectivity index is 2.11. The zero-order valence-electron chi connectivity index (χ0n) is 16.2. The first-order chi connectivity index (χ1) is 15.0. The molecule has 0 aliphatic carbocycles. The molecule has 0 aliphatic heterocycles. The minimum absolute atomic E-state index is 0.0307. The van der Waals surface area contributed by atoms with E-state index in [0.29, 0.717) is 11.6 Å². The lowest BCUT2D eigenvalue weighted by Gasteiger charge is -2.15. The summed E-state index contributed by atoms with van der Waals surface area (Å²) in [6.45, 7) is 1.50.